The second kappa shape index (κ2) is 9.61. The van der Waals surface area contributed by atoms with Crippen molar-refractivity contribution in [2.45, 2.75) is 45.6 Å². The van der Waals surface area contributed by atoms with Crippen molar-refractivity contribution in [1.82, 2.24) is 15.1 Å². The lowest BCUT2D eigenvalue weighted by atomic mass is 9.94. The van der Waals surface area contributed by atoms with Crippen LogP contribution in [-0.4, -0.2) is 59.7 Å². The highest BCUT2D eigenvalue weighted by Crippen LogP contribution is 2.23. The van der Waals surface area contributed by atoms with Gasteiger partial charge in [-0.1, -0.05) is 25.4 Å². The highest BCUT2D eigenvalue weighted by Gasteiger charge is 2.34. The van der Waals surface area contributed by atoms with Gasteiger partial charge in [-0.2, -0.15) is 0 Å². The summed E-state index contributed by atoms with van der Waals surface area (Å²) in [5, 5.41) is 3.65. The van der Waals surface area contributed by atoms with Gasteiger partial charge < -0.3 is 15.1 Å². The average Bonchev–Trinajstić information content (AvgIpc) is 2.73. The maximum Gasteiger partial charge on any atom is 0.253 e. The molecule has 6 nitrogen and oxygen atoms in total. The molecule has 0 aliphatic carbocycles. The van der Waals surface area contributed by atoms with E-state index in [0.717, 1.165) is 25.7 Å². The molecule has 29 heavy (non-hydrogen) atoms. The number of halogens is 1. The standard InChI is InChI=1S/C22H30ClN3O3/c1-15(2)20(27)24-19-6-4-12-26(14-19)22(29)17-5-3-11-25(13-17)21(28)16-7-9-18(23)10-8-16/h7-10,15,17,19H,3-6,11-14H2,1-2H3,(H,24,27). The van der Waals surface area contributed by atoms with E-state index in [1.165, 1.54) is 0 Å². The van der Waals surface area contributed by atoms with Crippen LogP contribution in [0.25, 0.3) is 0 Å². The van der Waals surface area contributed by atoms with Crippen molar-refractivity contribution in [1.29, 1.82) is 0 Å². The Bertz CT molecular complexity index is 750. The van der Waals surface area contributed by atoms with E-state index in [9.17, 15) is 14.4 Å². The zero-order valence-corrected chi connectivity index (χ0v) is 18.0. The molecule has 0 saturated carbocycles. The minimum absolute atomic E-state index is 0.0120. The number of carbonyl (C=O) groups excluding carboxylic acids is 3. The van der Waals surface area contributed by atoms with Gasteiger partial charge >= 0.3 is 0 Å². The van der Waals surface area contributed by atoms with Crippen molar-refractivity contribution in [2.24, 2.45) is 11.8 Å². The van der Waals surface area contributed by atoms with E-state index in [1.807, 2.05) is 18.7 Å². The highest BCUT2D eigenvalue weighted by atomic mass is 35.5. The number of hydrogen-bond donors (Lipinski definition) is 1. The number of likely N-dealkylation sites (tertiary alicyclic amines) is 2. The Morgan fingerprint density at radius 2 is 1.66 bits per heavy atom. The van der Waals surface area contributed by atoms with E-state index in [1.54, 1.807) is 29.2 Å². The summed E-state index contributed by atoms with van der Waals surface area (Å²) in [5.41, 5.74) is 0.594. The van der Waals surface area contributed by atoms with Gasteiger partial charge in [-0.05, 0) is 49.9 Å². The molecule has 2 saturated heterocycles. The van der Waals surface area contributed by atoms with Gasteiger partial charge in [0.25, 0.3) is 5.91 Å². The number of amides is 3. The van der Waals surface area contributed by atoms with Crippen LogP contribution < -0.4 is 5.32 Å². The summed E-state index contributed by atoms with van der Waals surface area (Å²) in [6.07, 6.45) is 3.39. The number of nitrogens with one attached hydrogen (secondary N) is 1. The molecule has 2 atom stereocenters. The van der Waals surface area contributed by atoms with Gasteiger partial charge in [-0.25, -0.2) is 0 Å². The fourth-order valence-electron chi connectivity index (χ4n) is 4.06. The third-order valence-electron chi connectivity index (χ3n) is 5.75. The molecule has 2 fully saturated rings. The SMILES string of the molecule is CC(C)C(=O)NC1CCCN(C(=O)C2CCCN(C(=O)c3ccc(Cl)cc3)C2)C1. The van der Waals surface area contributed by atoms with E-state index < -0.39 is 0 Å². The molecular weight excluding hydrogens is 390 g/mol. The number of rotatable bonds is 4. The molecule has 3 rings (SSSR count). The zero-order chi connectivity index (χ0) is 21.0. The predicted octanol–water partition coefficient (Wildman–Crippen LogP) is 2.96. The Labute approximate surface area is 177 Å². The van der Waals surface area contributed by atoms with Crippen LogP contribution in [0.2, 0.25) is 5.02 Å². The normalized spacial score (nSPS) is 22.5. The van der Waals surface area contributed by atoms with E-state index in [-0.39, 0.29) is 35.6 Å². The maximum absolute atomic E-state index is 13.1. The summed E-state index contributed by atoms with van der Waals surface area (Å²) >= 11 is 5.91. The van der Waals surface area contributed by atoms with Crippen molar-refractivity contribution in [3.8, 4) is 0 Å². The molecule has 3 amide bonds. The smallest absolute Gasteiger partial charge is 0.253 e. The fraction of sp³-hybridized carbons (Fsp3) is 0.591. The van der Waals surface area contributed by atoms with Crippen LogP contribution in [0, 0.1) is 11.8 Å². The van der Waals surface area contributed by atoms with E-state index >= 15 is 0 Å². The van der Waals surface area contributed by atoms with Crippen LogP contribution in [0.15, 0.2) is 24.3 Å². The lowest BCUT2D eigenvalue weighted by Crippen LogP contribution is -2.53. The molecule has 1 aromatic rings. The Morgan fingerprint density at radius 1 is 1.00 bits per heavy atom. The van der Waals surface area contributed by atoms with Crippen LogP contribution in [0.3, 0.4) is 0 Å². The molecule has 2 heterocycles. The van der Waals surface area contributed by atoms with E-state index in [2.05, 4.69) is 5.32 Å². The lowest BCUT2D eigenvalue weighted by Gasteiger charge is -2.38. The quantitative estimate of drug-likeness (QED) is 0.815. The molecule has 1 N–H and O–H groups in total. The molecule has 158 valence electrons. The first kappa shape index (κ1) is 21.6. The van der Waals surface area contributed by atoms with Crippen LogP contribution in [-0.2, 0) is 9.59 Å². The van der Waals surface area contributed by atoms with Crippen LogP contribution in [0.4, 0.5) is 0 Å². The molecule has 2 aliphatic heterocycles. The van der Waals surface area contributed by atoms with Crippen LogP contribution in [0.1, 0.15) is 49.9 Å². The summed E-state index contributed by atoms with van der Waals surface area (Å²) in [4.78, 5) is 41.6. The van der Waals surface area contributed by atoms with Crippen molar-refractivity contribution in [3.63, 3.8) is 0 Å². The monoisotopic (exact) mass is 419 g/mol. The van der Waals surface area contributed by atoms with E-state index in [4.69, 9.17) is 11.6 Å². The Hall–Kier alpha value is -2.08. The topological polar surface area (TPSA) is 69.7 Å². The molecule has 0 aromatic heterocycles. The fourth-order valence-corrected chi connectivity index (χ4v) is 4.19. The molecule has 0 radical (unpaired) electrons. The zero-order valence-electron chi connectivity index (χ0n) is 17.2. The van der Waals surface area contributed by atoms with E-state index in [0.29, 0.717) is 36.8 Å². The highest BCUT2D eigenvalue weighted by molar-refractivity contribution is 6.30. The third kappa shape index (κ3) is 5.50. The summed E-state index contributed by atoms with van der Waals surface area (Å²) in [6, 6.07) is 6.88. The summed E-state index contributed by atoms with van der Waals surface area (Å²) in [7, 11) is 0. The largest absolute Gasteiger partial charge is 0.351 e. The molecule has 7 heteroatoms. The molecule has 2 unspecified atom stereocenters. The number of carbonyl (C=O) groups is 3. The van der Waals surface area contributed by atoms with Gasteiger partial charge in [0, 0.05) is 48.7 Å². The predicted molar refractivity (Wildman–Crippen MR) is 113 cm³/mol. The van der Waals surface area contributed by atoms with Crippen LogP contribution in [0.5, 0.6) is 0 Å². The molecule has 0 spiro atoms. The number of nitrogens with zero attached hydrogens (tertiary/aromatic N) is 2. The van der Waals surface area contributed by atoms with Gasteiger partial charge in [0.2, 0.25) is 11.8 Å². The van der Waals surface area contributed by atoms with Gasteiger partial charge in [-0.15, -0.1) is 0 Å². The Kier molecular flexibility index (Phi) is 7.17. The first-order valence-corrected chi connectivity index (χ1v) is 10.9. The molecule has 0 bridgehead atoms. The van der Waals surface area contributed by atoms with Crippen molar-refractivity contribution < 1.29 is 14.4 Å². The lowest BCUT2D eigenvalue weighted by molar-refractivity contribution is -0.139. The second-order valence-electron chi connectivity index (χ2n) is 8.38. The van der Waals surface area contributed by atoms with Crippen molar-refractivity contribution >= 4 is 29.3 Å². The van der Waals surface area contributed by atoms with Crippen molar-refractivity contribution in [2.75, 3.05) is 26.2 Å². The minimum Gasteiger partial charge on any atom is -0.351 e. The molecular formula is C22H30ClN3O3. The third-order valence-corrected chi connectivity index (χ3v) is 6.00. The first-order valence-electron chi connectivity index (χ1n) is 10.5. The summed E-state index contributed by atoms with van der Waals surface area (Å²) in [6.45, 7) is 6.12. The van der Waals surface area contributed by atoms with Gasteiger partial charge in [0.05, 0.1) is 5.92 Å². The molecule has 2 aliphatic rings. The number of piperidine rings is 2. The summed E-state index contributed by atoms with van der Waals surface area (Å²) < 4.78 is 0. The van der Waals surface area contributed by atoms with Crippen LogP contribution >= 0.6 is 11.6 Å². The minimum atomic E-state index is -0.181. The first-order chi connectivity index (χ1) is 13.8. The van der Waals surface area contributed by atoms with Crippen molar-refractivity contribution in [3.05, 3.63) is 34.9 Å². The second-order valence-corrected chi connectivity index (χ2v) is 8.82. The Balaban J connectivity index is 1.59. The average molecular weight is 420 g/mol. The maximum atomic E-state index is 13.1. The van der Waals surface area contributed by atoms with Gasteiger partial charge in [-0.3, -0.25) is 14.4 Å². The summed E-state index contributed by atoms with van der Waals surface area (Å²) in [5.74, 6) is -0.171. The molecule has 1 aromatic carbocycles. The number of hydrogen-bond acceptors (Lipinski definition) is 3. The van der Waals surface area contributed by atoms with Gasteiger partial charge in [0.1, 0.15) is 0 Å². The Morgan fingerprint density at radius 3 is 2.34 bits per heavy atom. The number of benzene rings is 1. The van der Waals surface area contributed by atoms with Gasteiger partial charge in [0.15, 0.2) is 0 Å².